The van der Waals surface area contributed by atoms with Gasteiger partial charge in [-0.25, -0.2) is 0 Å². The van der Waals surface area contributed by atoms with Crippen LogP contribution in [0.3, 0.4) is 0 Å². The van der Waals surface area contributed by atoms with Crippen LogP contribution in [0.4, 0.5) is 0 Å². The molecule has 1 aliphatic carbocycles. The fourth-order valence-electron chi connectivity index (χ4n) is 2.93. The van der Waals surface area contributed by atoms with Crippen LogP contribution in [0, 0.1) is 0 Å². The Morgan fingerprint density at radius 3 is 3.00 bits per heavy atom. The molecule has 1 atom stereocenters. The van der Waals surface area contributed by atoms with Gasteiger partial charge in [-0.15, -0.1) is 0 Å². The zero-order valence-electron chi connectivity index (χ0n) is 10.8. The van der Waals surface area contributed by atoms with Gasteiger partial charge in [0, 0.05) is 6.54 Å². The molecule has 1 fully saturated rings. The summed E-state index contributed by atoms with van der Waals surface area (Å²) in [6, 6.07) is 0. The molecule has 3 heteroatoms. The first kappa shape index (κ1) is 12.6. The van der Waals surface area contributed by atoms with Gasteiger partial charge in [-0.05, 0) is 51.5 Å². The first-order valence-electron chi connectivity index (χ1n) is 6.98. The van der Waals surface area contributed by atoms with Gasteiger partial charge in [0.25, 0.3) is 0 Å². The first-order valence-corrected chi connectivity index (χ1v) is 6.98. The summed E-state index contributed by atoms with van der Waals surface area (Å²) in [4.78, 5) is 12.2. The fourth-order valence-corrected chi connectivity index (χ4v) is 2.93. The van der Waals surface area contributed by atoms with E-state index in [0.717, 1.165) is 38.8 Å². The largest absolute Gasteiger partial charge is 0.354 e. The molecule has 1 aliphatic heterocycles. The van der Waals surface area contributed by atoms with E-state index >= 15 is 0 Å². The van der Waals surface area contributed by atoms with Gasteiger partial charge in [0.1, 0.15) is 0 Å². The third-order valence-corrected chi connectivity index (χ3v) is 4.15. The van der Waals surface area contributed by atoms with Crippen molar-refractivity contribution in [2.45, 2.75) is 57.4 Å². The molecule has 0 aromatic heterocycles. The highest BCUT2D eigenvalue weighted by atomic mass is 16.2. The minimum absolute atomic E-state index is 0.205. The Balaban J connectivity index is 1.76. The molecule has 1 heterocycles. The number of amides is 1. The Bertz CT molecular complexity index is 303. The molecule has 3 nitrogen and oxygen atoms in total. The third kappa shape index (κ3) is 2.89. The summed E-state index contributed by atoms with van der Waals surface area (Å²) >= 11 is 0. The molecule has 0 aromatic rings. The van der Waals surface area contributed by atoms with Crippen molar-refractivity contribution < 1.29 is 4.79 Å². The van der Waals surface area contributed by atoms with Gasteiger partial charge in [0.15, 0.2) is 0 Å². The first-order chi connectivity index (χ1) is 8.27. The molecule has 2 rings (SSSR count). The summed E-state index contributed by atoms with van der Waals surface area (Å²) in [6.07, 6.45) is 10.1. The van der Waals surface area contributed by atoms with Crippen molar-refractivity contribution in [3.05, 3.63) is 11.6 Å². The van der Waals surface area contributed by atoms with E-state index in [1.165, 1.54) is 24.8 Å². The van der Waals surface area contributed by atoms with Gasteiger partial charge < -0.3 is 10.6 Å². The maximum absolute atomic E-state index is 12.2. The smallest absolute Gasteiger partial charge is 0.240 e. The van der Waals surface area contributed by atoms with Crippen LogP contribution in [-0.2, 0) is 4.79 Å². The summed E-state index contributed by atoms with van der Waals surface area (Å²) in [6.45, 7) is 3.87. The van der Waals surface area contributed by atoms with Crippen LogP contribution < -0.4 is 10.6 Å². The maximum atomic E-state index is 12.2. The zero-order chi connectivity index (χ0) is 12.1. The second-order valence-corrected chi connectivity index (χ2v) is 5.23. The summed E-state index contributed by atoms with van der Waals surface area (Å²) in [5.41, 5.74) is 1.25. The fraction of sp³-hybridized carbons (Fsp3) is 0.786. The van der Waals surface area contributed by atoms with Gasteiger partial charge in [-0.3, -0.25) is 4.79 Å². The van der Waals surface area contributed by atoms with E-state index in [1.807, 2.05) is 0 Å². The van der Waals surface area contributed by atoms with Gasteiger partial charge in [-0.1, -0.05) is 18.6 Å². The van der Waals surface area contributed by atoms with E-state index in [0.29, 0.717) is 0 Å². The van der Waals surface area contributed by atoms with E-state index in [9.17, 15) is 4.79 Å². The lowest BCUT2D eigenvalue weighted by molar-refractivity contribution is -0.127. The average molecular weight is 236 g/mol. The van der Waals surface area contributed by atoms with Crippen LogP contribution in [0.25, 0.3) is 0 Å². The molecule has 0 radical (unpaired) electrons. The Kier molecular flexibility index (Phi) is 4.21. The minimum atomic E-state index is -0.274. The number of hydrogen-bond acceptors (Lipinski definition) is 2. The highest BCUT2D eigenvalue weighted by Crippen LogP contribution is 2.23. The van der Waals surface area contributed by atoms with Crippen LogP contribution in [0.1, 0.15) is 51.9 Å². The number of allylic oxidation sites excluding steroid dienone is 1. The molecule has 2 aliphatic rings. The van der Waals surface area contributed by atoms with Crippen molar-refractivity contribution in [1.82, 2.24) is 10.6 Å². The molecule has 17 heavy (non-hydrogen) atoms. The molecule has 0 spiro atoms. The van der Waals surface area contributed by atoms with Crippen LogP contribution in [0.15, 0.2) is 11.6 Å². The minimum Gasteiger partial charge on any atom is -0.354 e. The molecular weight excluding hydrogens is 212 g/mol. The predicted octanol–water partition coefficient (Wildman–Crippen LogP) is 2.14. The lowest BCUT2D eigenvalue weighted by Gasteiger charge is -2.26. The molecule has 96 valence electrons. The van der Waals surface area contributed by atoms with Crippen molar-refractivity contribution in [3.8, 4) is 0 Å². The lowest BCUT2D eigenvalue weighted by Crippen LogP contribution is -2.53. The van der Waals surface area contributed by atoms with E-state index in [1.54, 1.807) is 0 Å². The van der Waals surface area contributed by atoms with Crippen LogP contribution in [-0.4, -0.2) is 24.5 Å². The third-order valence-electron chi connectivity index (χ3n) is 4.15. The van der Waals surface area contributed by atoms with Crippen LogP contribution in [0.5, 0.6) is 0 Å². The Labute approximate surface area is 104 Å². The Hall–Kier alpha value is -0.830. The summed E-state index contributed by atoms with van der Waals surface area (Å²) in [5.74, 6) is 0.205. The predicted molar refractivity (Wildman–Crippen MR) is 69.8 cm³/mol. The summed E-state index contributed by atoms with van der Waals surface area (Å²) < 4.78 is 0. The lowest BCUT2D eigenvalue weighted by atomic mass is 9.93. The standard InChI is InChI=1S/C14H24N2O/c1-2-14(9-5-10-16-14)13(17)15-11-8-12-6-3-4-7-12/h6,16H,2-5,7-11H2,1H3,(H,15,17). The average Bonchev–Trinajstić information content (AvgIpc) is 3.00. The molecule has 1 unspecified atom stereocenters. The normalized spacial score (nSPS) is 28.2. The second-order valence-electron chi connectivity index (χ2n) is 5.23. The van der Waals surface area contributed by atoms with Crippen molar-refractivity contribution >= 4 is 5.91 Å². The van der Waals surface area contributed by atoms with Crippen molar-refractivity contribution in [2.24, 2.45) is 0 Å². The van der Waals surface area contributed by atoms with Crippen LogP contribution in [0.2, 0.25) is 0 Å². The van der Waals surface area contributed by atoms with Gasteiger partial charge in [-0.2, -0.15) is 0 Å². The number of nitrogens with one attached hydrogen (secondary N) is 2. The van der Waals surface area contributed by atoms with Crippen molar-refractivity contribution in [3.63, 3.8) is 0 Å². The Morgan fingerprint density at radius 1 is 1.53 bits per heavy atom. The molecule has 1 amide bonds. The highest BCUT2D eigenvalue weighted by Gasteiger charge is 2.38. The van der Waals surface area contributed by atoms with Gasteiger partial charge in [0.2, 0.25) is 5.91 Å². The van der Waals surface area contributed by atoms with Crippen molar-refractivity contribution in [2.75, 3.05) is 13.1 Å². The Morgan fingerprint density at radius 2 is 2.41 bits per heavy atom. The van der Waals surface area contributed by atoms with E-state index < -0.39 is 0 Å². The van der Waals surface area contributed by atoms with E-state index in [2.05, 4.69) is 23.6 Å². The van der Waals surface area contributed by atoms with E-state index in [-0.39, 0.29) is 11.4 Å². The number of rotatable bonds is 5. The number of carbonyl (C=O) groups is 1. The SMILES string of the molecule is CCC1(C(=O)NCCC2=CCCC2)CCCN1. The van der Waals surface area contributed by atoms with E-state index in [4.69, 9.17) is 0 Å². The van der Waals surface area contributed by atoms with Crippen molar-refractivity contribution in [1.29, 1.82) is 0 Å². The topological polar surface area (TPSA) is 41.1 Å². The van der Waals surface area contributed by atoms with Crippen LogP contribution >= 0.6 is 0 Å². The highest BCUT2D eigenvalue weighted by molar-refractivity contribution is 5.86. The van der Waals surface area contributed by atoms with Gasteiger partial charge in [0.05, 0.1) is 5.54 Å². The molecule has 0 aromatic carbocycles. The molecule has 0 bridgehead atoms. The molecule has 2 N–H and O–H groups in total. The molecular formula is C14H24N2O. The number of carbonyl (C=O) groups excluding carboxylic acids is 1. The zero-order valence-corrected chi connectivity index (χ0v) is 10.8. The molecule has 0 saturated carbocycles. The monoisotopic (exact) mass is 236 g/mol. The molecule has 1 saturated heterocycles. The summed E-state index contributed by atoms with van der Waals surface area (Å²) in [7, 11) is 0. The number of hydrogen-bond donors (Lipinski definition) is 2. The second kappa shape index (κ2) is 5.67. The maximum Gasteiger partial charge on any atom is 0.240 e. The quantitative estimate of drug-likeness (QED) is 0.718. The van der Waals surface area contributed by atoms with Gasteiger partial charge >= 0.3 is 0 Å². The summed E-state index contributed by atoms with van der Waals surface area (Å²) in [5, 5.41) is 6.47.